The van der Waals surface area contributed by atoms with Crippen molar-refractivity contribution in [2.75, 3.05) is 89.1 Å². The molecule has 5 fully saturated rings. The number of hydroxylamine groups is 10. The van der Waals surface area contributed by atoms with Crippen LogP contribution in [0.25, 0.3) is 0 Å². The zero-order valence-corrected chi connectivity index (χ0v) is 80.3. The summed E-state index contributed by atoms with van der Waals surface area (Å²) in [5, 5.41) is 21.9. The lowest BCUT2D eigenvalue weighted by Crippen LogP contribution is -2.40. The number of carbonyl (C=O) groups is 25. The summed E-state index contributed by atoms with van der Waals surface area (Å²) in [6.45, 7) is 18.7. The summed E-state index contributed by atoms with van der Waals surface area (Å²) in [6, 6.07) is -1.13. The first-order valence-electron chi connectivity index (χ1n) is 43.6. The van der Waals surface area contributed by atoms with Crippen molar-refractivity contribution in [3.8, 4) is 0 Å². The fraction of sp³-hybridized carbons (Fsp3) is 0.706. The Morgan fingerprint density at radius 1 is 0.267 bits per heavy atom. The minimum Gasteiger partial charge on any atom is -0.368 e. The van der Waals surface area contributed by atoms with Gasteiger partial charge in [0.2, 0.25) is 59.1 Å². The second-order valence-electron chi connectivity index (χ2n) is 30.0. The van der Waals surface area contributed by atoms with Gasteiger partial charge in [-0.15, -0.1) is 25.3 Å². The second kappa shape index (κ2) is 80.0. The summed E-state index contributed by atoms with van der Waals surface area (Å²) < 4.78 is 0. The molecule has 0 radical (unpaired) electrons. The Morgan fingerprint density at radius 3 is 0.511 bits per heavy atom. The Bertz CT molecular complexity index is 3270. The molecule has 0 aromatic rings. The van der Waals surface area contributed by atoms with E-state index in [1.54, 1.807) is 48.7 Å². The Morgan fingerprint density at radius 2 is 0.407 bits per heavy atom. The molecule has 5 atom stereocenters. The Hall–Kier alpha value is -12.4. The van der Waals surface area contributed by atoms with E-state index in [9.17, 15) is 120 Å². The van der Waals surface area contributed by atoms with Crippen LogP contribution < -0.4 is 65.9 Å². The molecule has 5 rings (SSSR count). The number of amides is 20. The van der Waals surface area contributed by atoms with Crippen molar-refractivity contribution >= 4 is 148 Å². The molecule has 50 nitrogen and oxygen atoms in total. The smallest absolute Gasteiger partial charge is 0.332 e. The highest BCUT2D eigenvalue weighted by atomic mass is 16.7. The summed E-state index contributed by atoms with van der Waals surface area (Å²) in [5.74, 6) is -8.92. The molecule has 0 bridgehead atoms. The van der Waals surface area contributed by atoms with E-state index in [0.717, 1.165) is 83.5 Å². The van der Waals surface area contributed by atoms with E-state index in [0.29, 0.717) is 70.9 Å². The van der Waals surface area contributed by atoms with Gasteiger partial charge in [-0.1, -0.05) is 49.5 Å². The molecule has 135 heavy (non-hydrogen) atoms. The van der Waals surface area contributed by atoms with Crippen LogP contribution in [0.2, 0.25) is 0 Å². The average Bonchev–Trinajstić information content (AvgIpc) is 1.76. The molecule has 0 aromatic heterocycles. The van der Waals surface area contributed by atoms with Gasteiger partial charge in [0.05, 0.1) is 30.2 Å². The lowest BCUT2D eigenvalue weighted by atomic mass is 10.1. The van der Waals surface area contributed by atoms with Crippen LogP contribution in [0, 0.1) is 0 Å². The van der Waals surface area contributed by atoms with Crippen molar-refractivity contribution in [2.24, 2.45) is 28.7 Å². The largest absolute Gasteiger partial charge is 0.368 e. The van der Waals surface area contributed by atoms with E-state index in [4.69, 9.17) is 28.7 Å². The van der Waals surface area contributed by atoms with Crippen LogP contribution in [-0.4, -0.2) is 307 Å². The number of nitrogens with two attached hydrogens (primary N) is 5. The first-order valence-corrected chi connectivity index (χ1v) is 43.6. The zero-order chi connectivity index (χ0) is 103. The number of nitrogens with one attached hydrogen (secondary N) is 7. The van der Waals surface area contributed by atoms with E-state index in [2.05, 4.69) is 61.4 Å². The van der Waals surface area contributed by atoms with Gasteiger partial charge in [0.15, 0.2) is 0 Å². The van der Waals surface area contributed by atoms with E-state index in [-0.39, 0.29) is 200 Å². The number of nitrogens with zero attached hydrogens (tertiary/aromatic N) is 8. The van der Waals surface area contributed by atoms with Crippen molar-refractivity contribution in [3.63, 3.8) is 0 Å². The minimum atomic E-state index is -0.571. The van der Waals surface area contributed by atoms with Crippen LogP contribution in [0.3, 0.4) is 0 Å². The molecule has 17 N–H and O–H groups in total. The summed E-state index contributed by atoms with van der Waals surface area (Å²) in [5.41, 5.74) is 26.0. The molecular weight excluding hydrogens is 1800 g/mol. The molecule has 5 saturated heterocycles. The van der Waals surface area contributed by atoms with Crippen LogP contribution >= 0.6 is 0 Å². The molecule has 5 aliphatic rings. The molecular formula is C85H154N20O30. The molecule has 5 aliphatic heterocycles. The molecule has 5 unspecified atom stereocenters. The minimum absolute atomic E-state index is 0. The van der Waals surface area contributed by atoms with Crippen molar-refractivity contribution < 1.29 is 144 Å². The number of likely N-dealkylation sites (N-methyl/N-ethyl adjacent to an activating group) is 5. The number of primary amides is 5. The summed E-state index contributed by atoms with van der Waals surface area (Å²) in [7, 11) is 14.4. The predicted octanol–water partition coefficient (Wildman–Crippen LogP) is -0.853. The second-order valence-corrected chi connectivity index (χ2v) is 30.0. The van der Waals surface area contributed by atoms with Gasteiger partial charge in [0.25, 0.3) is 59.1 Å². The maximum atomic E-state index is 11.0. The number of hydrogen-bond acceptors (Lipinski definition) is 35. The Balaban J connectivity index is -0.000000269. The molecule has 20 amide bonds. The summed E-state index contributed by atoms with van der Waals surface area (Å²) in [6.07, 6.45) is 14.5. The van der Waals surface area contributed by atoms with Crippen LogP contribution in [0.4, 0.5) is 0 Å². The van der Waals surface area contributed by atoms with E-state index < -0.39 is 88.9 Å². The van der Waals surface area contributed by atoms with Gasteiger partial charge >= 0.3 is 29.8 Å². The Labute approximate surface area is 790 Å². The van der Waals surface area contributed by atoms with Crippen molar-refractivity contribution in [1.82, 2.24) is 77.2 Å². The zero-order valence-electron chi connectivity index (χ0n) is 80.3. The maximum absolute atomic E-state index is 11.0. The van der Waals surface area contributed by atoms with Crippen molar-refractivity contribution in [3.05, 3.63) is 0 Å². The van der Waals surface area contributed by atoms with Gasteiger partial charge in [-0.2, -0.15) is 0 Å². The monoisotopic (exact) mass is 1960 g/mol. The molecule has 774 valence electrons. The topological polar surface area (TPSA) is 713 Å². The fourth-order valence-electron chi connectivity index (χ4n) is 10.6. The number of hydrogen-bond donors (Lipinski definition) is 12. The SMILES string of the molecule is CC(=O)NCCCCC([15NH][13CH3])C(N)=O.CN(C)C(CCCCN[13C]([13CH3])=O)C([15NH2])=O.CN([13CH3])C(CCCCNC([13CH3])=O)C([15NH2])=O.C[15NH]C(CCCCN[13C](C)=O)C(N)=O.C[15N](C)C(CCCCN[13C]([13CH3])=O)C(N)=O.[13CH3]CC(=O)ON1C(=O)CCC1=O.[13CH3]CC(=O)ON1C(=O)CCC1=O.[13CH3]CC(=O)ON1C(=O)CCC1=O.[13CH3]CC(=O)ON1C(=O)CCC1=O.[13CH3]CC(=O)ON1C(=O)CCC1=O.[13CH4].[13CH4]. The van der Waals surface area contributed by atoms with Crippen LogP contribution in [0.15, 0.2) is 0 Å². The van der Waals surface area contributed by atoms with Crippen LogP contribution in [-0.2, 0) is 144 Å². The standard InChI is InChI=1S/3C10H21N3O2.2C9H19N3O2.5C7H9NO4.2CH4/c3*1-8(14)12-7-5-4-6-9(10(11)15)13(2)3;2*1-7(13)12-6-4-3-5-8(11-2)9(10)14;5*1-2-7(11)12-8-5(9)3-4-6(8)10;;/h3*9H,4-7H2,1-3H3,(H2,11,15)(H,12,14);2*8,11H,3-6H2,1-2H3,(H2,10,14)(H,12,13);5*2-4H2,1H3;2*1H4/i1+1,8+1,13+1;1+1,8+1,11+1;1+1,2+1,11+1;7+1,11+1;2+1,11+1;7*1+1. The van der Waals surface area contributed by atoms with Crippen LogP contribution in [0.5, 0.6) is 0 Å². The molecule has 0 aromatic carbocycles. The quantitative estimate of drug-likeness (QED) is 0.0153. The van der Waals surface area contributed by atoms with Gasteiger partial charge in [0.1, 0.15) is 0 Å². The van der Waals surface area contributed by atoms with E-state index in [1.165, 1.54) is 34.6 Å². The van der Waals surface area contributed by atoms with Gasteiger partial charge < -0.3 is 90.1 Å². The molecule has 0 saturated carbocycles. The third-order valence-electron chi connectivity index (χ3n) is 18.1. The Kier molecular flexibility index (Phi) is 80.4. The van der Waals surface area contributed by atoms with Gasteiger partial charge in [-0.3, -0.25) is 111 Å². The molecule has 5 heterocycles. The number of unbranched alkanes of at least 4 members (excludes halogenated alkanes) is 5. The number of carbonyl (C=O) groups excluding carboxylic acids is 25. The lowest BCUT2D eigenvalue weighted by molar-refractivity contribution is -0.197. The summed E-state index contributed by atoms with van der Waals surface area (Å²) >= 11 is 0. The number of imide groups is 5. The fourth-order valence-corrected chi connectivity index (χ4v) is 10.6. The third kappa shape index (κ3) is 69.1. The van der Waals surface area contributed by atoms with E-state index >= 15 is 0 Å². The van der Waals surface area contributed by atoms with Gasteiger partial charge in [0, 0.05) is 164 Å². The third-order valence-corrected chi connectivity index (χ3v) is 18.1. The summed E-state index contributed by atoms with van der Waals surface area (Å²) in [4.78, 5) is 297. The average molecular weight is 1960 g/mol. The highest BCUT2D eigenvalue weighted by molar-refractivity contribution is 6.04. The van der Waals surface area contributed by atoms with Gasteiger partial charge in [-0.25, -0.2) is 24.0 Å². The highest BCUT2D eigenvalue weighted by Gasteiger charge is 2.37. The molecule has 0 spiro atoms. The first kappa shape index (κ1) is 136. The van der Waals surface area contributed by atoms with Crippen molar-refractivity contribution in [2.45, 2.75) is 307 Å². The van der Waals surface area contributed by atoms with Crippen LogP contribution in [0.1, 0.15) is 277 Å². The molecule has 0 aliphatic carbocycles. The van der Waals surface area contributed by atoms with Gasteiger partial charge in [-0.05, 0) is 153 Å². The first-order chi connectivity index (χ1) is 62.2. The predicted molar refractivity (Wildman–Crippen MR) is 488 cm³/mol. The maximum Gasteiger partial charge on any atom is 0.332 e. The normalized spacial score (nSPS) is 14.2. The van der Waals surface area contributed by atoms with Crippen molar-refractivity contribution in [1.29, 1.82) is 0 Å². The highest BCUT2D eigenvalue weighted by Crippen LogP contribution is 2.18. The number of rotatable bonds is 45. The van der Waals surface area contributed by atoms with E-state index in [1.807, 2.05) is 57.0 Å². The molecule has 50 heteroatoms. The lowest BCUT2D eigenvalue weighted by Gasteiger charge is -2.20.